The Balaban J connectivity index is 2.38. The molecule has 0 saturated carbocycles. The summed E-state index contributed by atoms with van der Waals surface area (Å²) in [6.07, 6.45) is 7.63. The number of hydrogen-bond donors (Lipinski definition) is 0. The van der Waals surface area contributed by atoms with Crippen LogP contribution in [0, 0.1) is 5.41 Å². The Labute approximate surface area is 131 Å². The highest BCUT2D eigenvalue weighted by atomic mass is 32.2. The van der Waals surface area contributed by atoms with Crippen LogP contribution in [-0.2, 0) is 4.79 Å². The molecule has 0 N–H and O–H groups in total. The Morgan fingerprint density at radius 1 is 1.48 bits per heavy atom. The quantitative estimate of drug-likeness (QED) is 0.745. The third-order valence-corrected chi connectivity index (χ3v) is 5.25. The number of carbonyl (C=O) groups is 1. The lowest BCUT2D eigenvalue weighted by Gasteiger charge is -2.33. The molecule has 21 heavy (non-hydrogen) atoms. The largest absolute Gasteiger partial charge is 0.497 e. The van der Waals surface area contributed by atoms with Crippen molar-refractivity contribution < 1.29 is 9.53 Å². The Hall–Kier alpha value is -1.48. The zero-order valence-corrected chi connectivity index (χ0v) is 13.7. The standard InChI is InChI=1S/C18H22O2S/c1-5-6-14-9-12-16(18(14,2)17(19)21-4)13-7-10-15(20-3)11-8-13/h5,7-11,16H,1,6,12H2,2-4H3. The predicted octanol–water partition coefficient (Wildman–Crippen LogP) is 4.58. The first-order chi connectivity index (χ1) is 10.1. The number of rotatable bonds is 5. The van der Waals surface area contributed by atoms with Gasteiger partial charge in [-0.25, -0.2) is 0 Å². The normalized spacial score (nSPS) is 24.5. The zero-order valence-electron chi connectivity index (χ0n) is 12.9. The molecule has 2 rings (SSSR count). The molecule has 0 amide bonds. The molecule has 3 heteroatoms. The van der Waals surface area contributed by atoms with Crippen molar-refractivity contribution in [2.45, 2.75) is 25.7 Å². The van der Waals surface area contributed by atoms with Crippen molar-refractivity contribution in [3.05, 3.63) is 54.1 Å². The third-order valence-electron chi connectivity index (χ3n) is 4.46. The average molecular weight is 302 g/mol. The molecule has 0 aliphatic heterocycles. The van der Waals surface area contributed by atoms with Crippen LogP contribution in [0.25, 0.3) is 0 Å². The molecule has 0 heterocycles. The van der Waals surface area contributed by atoms with E-state index < -0.39 is 5.41 Å². The number of allylic oxidation sites excluding steroid dienone is 3. The lowest BCUT2D eigenvalue weighted by Crippen LogP contribution is -2.31. The minimum atomic E-state index is -0.442. The van der Waals surface area contributed by atoms with Crippen molar-refractivity contribution >= 4 is 16.9 Å². The Morgan fingerprint density at radius 2 is 2.14 bits per heavy atom. The summed E-state index contributed by atoms with van der Waals surface area (Å²) < 4.78 is 5.21. The fraction of sp³-hybridized carbons (Fsp3) is 0.389. The van der Waals surface area contributed by atoms with Crippen molar-refractivity contribution in [1.82, 2.24) is 0 Å². The summed E-state index contributed by atoms with van der Waals surface area (Å²) in [7, 11) is 1.66. The van der Waals surface area contributed by atoms with Gasteiger partial charge in [-0.2, -0.15) is 0 Å². The van der Waals surface area contributed by atoms with E-state index in [1.165, 1.54) is 22.9 Å². The van der Waals surface area contributed by atoms with E-state index in [9.17, 15) is 4.79 Å². The topological polar surface area (TPSA) is 26.3 Å². The SMILES string of the molecule is C=CCC1=CCC(c2ccc(OC)cc2)C1(C)C(=O)SC. The Kier molecular flexibility index (Phi) is 4.94. The first-order valence-electron chi connectivity index (χ1n) is 7.10. The second-order valence-electron chi connectivity index (χ2n) is 5.48. The highest BCUT2D eigenvalue weighted by Gasteiger charge is 2.46. The number of ether oxygens (including phenoxy) is 1. The van der Waals surface area contributed by atoms with Crippen LogP contribution in [0.1, 0.15) is 31.2 Å². The van der Waals surface area contributed by atoms with Crippen LogP contribution in [-0.4, -0.2) is 18.5 Å². The molecule has 1 aromatic carbocycles. The van der Waals surface area contributed by atoms with Crippen LogP contribution >= 0.6 is 11.8 Å². The van der Waals surface area contributed by atoms with E-state index in [2.05, 4.69) is 31.7 Å². The molecule has 0 radical (unpaired) electrons. The van der Waals surface area contributed by atoms with Gasteiger partial charge in [0.2, 0.25) is 0 Å². The monoisotopic (exact) mass is 302 g/mol. The van der Waals surface area contributed by atoms with E-state index >= 15 is 0 Å². The van der Waals surface area contributed by atoms with Gasteiger partial charge in [0, 0.05) is 5.92 Å². The average Bonchev–Trinajstić information content (AvgIpc) is 2.85. The molecular weight excluding hydrogens is 280 g/mol. The van der Waals surface area contributed by atoms with Gasteiger partial charge in [-0.05, 0) is 43.7 Å². The van der Waals surface area contributed by atoms with Gasteiger partial charge in [0.25, 0.3) is 0 Å². The maximum atomic E-state index is 12.6. The van der Waals surface area contributed by atoms with Gasteiger partial charge in [-0.1, -0.05) is 41.6 Å². The molecule has 2 unspecified atom stereocenters. The summed E-state index contributed by atoms with van der Waals surface area (Å²) in [6, 6.07) is 8.07. The summed E-state index contributed by atoms with van der Waals surface area (Å²) >= 11 is 1.32. The summed E-state index contributed by atoms with van der Waals surface area (Å²) in [5.41, 5.74) is 1.94. The molecule has 112 valence electrons. The molecule has 0 saturated heterocycles. The molecule has 0 bridgehead atoms. The number of methoxy groups -OCH3 is 1. The fourth-order valence-corrected chi connectivity index (χ4v) is 3.87. The zero-order chi connectivity index (χ0) is 15.5. The summed E-state index contributed by atoms with van der Waals surface area (Å²) in [5.74, 6) is 1.03. The second-order valence-corrected chi connectivity index (χ2v) is 6.26. The summed E-state index contributed by atoms with van der Waals surface area (Å²) in [6.45, 7) is 5.89. The van der Waals surface area contributed by atoms with Crippen LogP contribution < -0.4 is 4.74 Å². The van der Waals surface area contributed by atoms with E-state index in [0.29, 0.717) is 0 Å². The highest BCUT2D eigenvalue weighted by Crippen LogP contribution is 2.53. The summed E-state index contributed by atoms with van der Waals surface area (Å²) in [4.78, 5) is 12.6. The van der Waals surface area contributed by atoms with Gasteiger partial charge >= 0.3 is 0 Å². The van der Waals surface area contributed by atoms with Gasteiger partial charge in [-0.15, -0.1) is 6.58 Å². The number of hydrogen-bond acceptors (Lipinski definition) is 3. The van der Waals surface area contributed by atoms with Gasteiger partial charge < -0.3 is 4.74 Å². The number of benzene rings is 1. The molecule has 2 nitrogen and oxygen atoms in total. The van der Waals surface area contributed by atoms with Gasteiger partial charge in [0.05, 0.1) is 12.5 Å². The molecule has 1 aliphatic rings. The molecule has 0 fully saturated rings. The van der Waals surface area contributed by atoms with Crippen LogP contribution in [0.4, 0.5) is 0 Å². The van der Waals surface area contributed by atoms with Gasteiger partial charge in [-0.3, -0.25) is 4.79 Å². The van der Waals surface area contributed by atoms with Gasteiger partial charge in [0.15, 0.2) is 5.12 Å². The van der Waals surface area contributed by atoms with E-state index in [0.717, 1.165) is 18.6 Å². The van der Waals surface area contributed by atoms with Crippen molar-refractivity contribution in [2.75, 3.05) is 13.4 Å². The maximum Gasteiger partial charge on any atom is 0.199 e. The lowest BCUT2D eigenvalue weighted by molar-refractivity contribution is -0.117. The fourth-order valence-electron chi connectivity index (χ4n) is 3.17. The van der Waals surface area contributed by atoms with Crippen LogP contribution in [0.3, 0.4) is 0 Å². The molecule has 0 aromatic heterocycles. The van der Waals surface area contributed by atoms with E-state index in [-0.39, 0.29) is 11.0 Å². The van der Waals surface area contributed by atoms with Crippen molar-refractivity contribution in [3.8, 4) is 5.75 Å². The molecule has 2 atom stereocenters. The number of thioether (sulfide) groups is 1. The van der Waals surface area contributed by atoms with E-state index in [4.69, 9.17) is 4.74 Å². The number of carbonyl (C=O) groups excluding carboxylic acids is 1. The smallest absolute Gasteiger partial charge is 0.199 e. The summed E-state index contributed by atoms with van der Waals surface area (Å²) in [5, 5.41) is 0.230. The first-order valence-corrected chi connectivity index (χ1v) is 8.33. The van der Waals surface area contributed by atoms with Crippen LogP contribution in [0.15, 0.2) is 48.6 Å². The van der Waals surface area contributed by atoms with E-state index in [1.807, 2.05) is 24.5 Å². The van der Waals surface area contributed by atoms with Gasteiger partial charge in [0.1, 0.15) is 5.75 Å². The van der Waals surface area contributed by atoms with Crippen molar-refractivity contribution in [1.29, 1.82) is 0 Å². The predicted molar refractivity (Wildman–Crippen MR) is 89.9 cm³/mol. The van der Waals surface area contributed by atoms with Crippen LogP contribution in [0.5, 0.6) is 5.75 Å². The molecule has 1 aliphatic carbocycles. The molecular formula is C18H22O2S. The minimum absolute atomic E-state index is 0.193. The maximum absolute atomic E-state index is 12.6. The van der Waals surface area contributed by atoms with Crippen LogP contribution in [0.2, 0.25) is 0 Å². The Morgan fingerprint density at radius 3 is 2.67 bits per heavy atom. The Bertz CT molecular complexity index is 559. The van der Waals surface area contributed by atoms with E-state index in [1.54, 1.807) is 7.11 Å². The molecule has 1 aromatic rings. The third kappa shape index (κ3) is 2.80. The van der Waals surface area contributed by atoms with Crippen molar-refractivity contribution in [3.63, 3.8) is 0 Å². The second kappa shape index (κ2) is 6.52. The van der Waals surface area contributed by atoms with Crippen molar-refractivity contribution in [2.24, 2.45) is 5.41 Å². The molecule has 0 spiro atoms. The lowest BCUT2D eigenvalue weighted by atomic mass is 9.72. The first kappa shape index (κ1) is 15.9. The highest BCUT2D eigenvalue weighted by molar-refractivity contribution is 8.13. The minimum Gasteiger partial charge on any atom is -0.497 e.